The van der Waals surface area contributed by atoms with Crippen molar-refractivity contribution in [1.29, 1.82) is 0 Å². The fourth-order valence-corrected chi connectivity index (χ4v) is 6.07. The Bertz CT molecular complexity index is 1630. The van der Waals surface area contributed by atoms with E-state index >= 15 is 0 Å². The van der Waals surface area contributed by atoms with Gasteiger partial charge in [-0.05, 0) is 63.2 Å². The lowest BCUT2D eigenvalue weighted by atomic mass is 9.85. The Balaban J connectivity index is 1.55. The molecular formula is C35H28O5S. The quantitative estimate of drug-likeness (QED) is 0.142. The minimum atomic E-state index is 0.438. The standard InChI is InChI=1S/C35H28O5S/c1-37-28-16-12-25(13-17-28)32(26-14-18-29(38-2)19-15-26)31(23-6-4-3-5-7-23)24-8-10-27(11-9-24)35-34-33(30(22-36)41-35)39-20-21-40-34/h3-19,22H,20-21H2,1-2H3. The predicted octanol–water partition coefficient (Wildman–Crippen LogP) is 8.02. The molecule has 1 aliphatic heterocycles. The van der Waals surface area contributed by atoms with Crippen molar-refractivity contribution in [3.8, 4) is 33.4 Å². The van der Waals surface area contributed by atoms with Gasteiger partial charge in [-0.1, -0.05) is 78.9 Å². The molecule has 0 saturated heterocycles. The van der Waals surface area contributed by atoms with E-state index in [0.29, 0.717) is 29.6 Å². The minimum absolute atomic E-state index is 0.438. The first-order valence-corrected chi connectivity index (χ1v) is 14.1. The summed E-state index contributed by atoms with van der Waals surface area (Å²) in [6.07, 6.45) is 0.836. The van der Waals surface area contributed by atoms with Gasteiger partial charge in [-0.2, -0.15) is 0 Å². The van der Waals surface area contributed by atoms with E-state index < -0.39 is 0 Å². The topological polar surface area (TPSA) is 54.0 Å². The van der Waals surface area contributed by atoms with Gasteiger partial charge in [0.2, 0.25) is 0 Å². The fraction of sp³-hybridized carbons (Fsp3) is 0.114. The molecule has 1 aliphatic rings. The van der Waals surface area contributed by atoms with Crippen LogP contribution in [0.4, 0.5) is 0 Å². The summed E-state index contributed by atoms with van der Waals surface area (Å²) in [6, 6.07) is 35.1. The third-order valence-electron chi connectivity index (χ3n) is 7.04. The number of carbonyl (C=O) groups is 1. The normalized spacial score (nSPS) is 12.0. The zero-order valence-electron chi connectivity index (χ0n) is 22.8. The molecule has 0 N–H and O–H groups in total. The van der Waals surface area contributed by atoms with Gasteiger partial charge in [0.05, 0.1) is 19.1 Å². The zero-order chi connectivity index (χ0) is 28.2. The molecule has 6 heteroatoms. The first-order valence-electron chi connectivity index (χ1n) is 13.3. The van der Waals surface area contributed by atoms with Gasteiger partial charge in [-0.15, -0.1) is 11.3 Å². The number of hydrogen-bond acceptors (Lipinski definition) is 6. The largest absolute Gasteiger partial charge is 0.497 e. The summed E-state index contributed by atoms with van der Waals surface area (Å²) in [4.78, 5) is 13.1. The molecule has 41 heavy (non-hydrogen) atoms. The Morgan fingerprint density at radius 2 is 1.10 bits per heavy atom. The highest BCUT2D eigenvalue weighted by atomic mass is 32.1. The fourth-order valence-electron chi connectivity index (χ4n) is 5.06. The van der Waals surface area contributed by atoms with Gasteiger partial charge in [0.1, 0.15) is 29.6 Å². The van der Waals surface area contributed by atoms with Crippen LogP contribution in [0.2, 0.25) is 0 Å². The second kappa shape index (κ2) is 11.7. The summed E-state index contributed by atoms with van der Waals surface area (Å²) in [5, 5.41) is 0. The molecule has 2 heterocycles. The molecule has 4 aromatic carbocycles. The maximum Gasteiger partial charge on any atom is 0.183 e. The zero-order valence-corrected chi connectivity index (χ0v) is 23.6. The van der Waals surface area contributed by atoms with Gasteiger partial charge in [0.15, 0.2) is 17.8 Å². The Morgan fingerprint density at radius 1 is 0.634 bits per heavy atom. The number of methoxy groups -OCH3 is 2. The number of fused-ring (bicyclic) bond motifs is 1. The monoisotopic (exact) mass is 560 g/mol. The summed E-state index contributed by atoms with van der Waals surface area (Å²) >= 11 is 1.39. The first kappa shape index (κ1) is 26.4. The van der Waals surface area contributed by atoms with Gasteiger partial charge in [-0.3, -0.25) is 4.79 Å². The second-order valence-electron chi connectivity index (χ2n) is 9.42. The van der Waals surface area contributed by atoms with Gasteiger partial charge >= 0.3 is 0 Å². The Morgan fingerprint density at radius 3 is 1.59 bits per heavy atom. The molecule has 204 valence electrons. The Hall–Kier alpha value is -4.81. The lowest BCUT2D eigenvalue weighted by Crippen LogP contribution is -2.15. The van der Waals surface area contributed by atoms with E-state index in [1.807, 2.05) is 30.3 Å². The van der Waals surface area contributed by atoms with Crippen molar-refractivity contribution < 1.29 is 23.7 Å². The van der Waals surface area contributed by atoms with Gasteiger partial charge in [0.25, 0.3) is 0 Å². The Labute approximate surface area is 243 Å². The summed E-state index contributed by atoms with van der Waals surface area (Å²) < 4.78 is 22.6. The van der Waals surface area contributed by atoms with Crippen LogP contribution in [0, 0.1) is 0 Å². The molecule has 6 rings (SSSR count). The number of benzene rings is 4. The summed E-state index contributed by atoms with van der Waals surface area (Å²) in [6.45, 7) is 0.898. The highest BCUT2D eigenvalue weighted by molar-refractivity contribution is 7.18. The second-order valence-corrected chi connectivity index (χ2v) is 10.5. The summed E-state index contributed by atoms with van der Waals surface area (Å²) in [5.74, 6) is 2.79. The van der Waals surface area contributed by atoms with E-state index in [4.69, 9.17) is 18.9 Å². The smallest absolute Gasteiger partial charge is 0.183 e. The van der Waals surface area contributed by atoms with E-state index in [1.54, 1.807) is 14.2 Å². The lowest BCUT2D eigenvalue weighted by molar-refractivity contribution is 0.111. The molecule has 0 aliphatic carbocycles. The van der Waals surface area contributed by atoms with E-state index in [1.165, 1.54) is 11.3 Å². The van der Waals surface area contributed by atoms with Crippen molar-refractivity contribution in [1.82, 2.24) is 0 Å². The summed E-state index contributed by atoms with van der Waals surface area (Å²) in [5.41, 5.74) is 7.42. The highest BCUT2D eigenvalue weighted by Gasteiger charge is 2.25. The molecular weight excluding hydrogens is 532 g/mol. The predicted molar refractivity (Wildman–Crippen MR) is 164 cm³/mol. The number of thiophene rings is 1. The van der Waals surface area contributed by atoms with Crippen molar-refractivity contribution in [2.75, 3.05) is 27.4 Å². The number of carbonyl (C=O) groups excluding carboxylic acids is 1. The molecule has 0 amide bonds. The SMILES string of the molecule is COc1ccc(C(=C(c2ccccc2)c2ccc(-c3sc(C=O)c4c3OCCO4)cc2)c2ccc(OC)cc2)cc1. The third-order valence-corrected chi connectivity index (χ3v) is 8.16. The molecule has 0 radical (unpaired) electrons. The number of aldehydes is 1. The van der Waals surface area contributed by atoms with E-state index in [-0.39, 0.29) is 0 Å². The van der Waals surface area contributed by atoms with Crippen molar-refractivity contribution >= 4 is 28.8 Å². The first-order chi connectivity index (χ1) is 20.2. The maximum atomic E-state index is 11.7. The highest BCUT2D eigenvalue weighted by Crippen LogP contribution is 2.49. The van der Waals surface area contributed by atoms with Crippen molar-refractivity contribution in [2.45, 2.75) is 0 Å². The molecule has 0 unspecified atom stereocenters. The molecule has 0 atom stereocenters. The molecule has 0 spiro atoms. The maximum absolute atomic E-state index is 11.7. The molecule has 1 aromatic heterocycles. The van der Waals surface area contributed by atoms with Crippen LogP contribution in [0.5, 0.6) is 23.0 Å². The summed E-state index contributed by atoms with van der Waals surface area (Å²) in [7, 11) is 3.35. The van der Waals surface area contributed by atoms with E-state index in [0.717, 1.165) is 61.6 Å². The van der Waals surface area contributed by atoms with E-state index in [9.17, 15) is 4.79 Å². The lowest BCUT2D eigenvalue weighted by Gasteiger charge is -2.19. The Kier molecular flexibility index (Phi) is 7.56. The van der Waals surface area contributed by atoms with Crippen LogP contribution in [0.3, 0.4) is 0 Å². The molecule has 5 aromatic rings. The third kappa shape index (κ3) is 5.22. The van der Waals surface area contributed by atoms with Gasteiger partial charge in [0, 0.05) is 0 Å². The minimum Gasteiger partial charge on any atom is -0.497 e. The van der Waals surface area contributed by atoms with Crippen molar-refractivity contribution in [3.63, 3.8) is 0 Å². The van der Waals surface area contributed by atoms with Crippen LogP contribution < -0.4 is 18.9 Å². The molecule has 5 nitrogen and oxygen atoms in total. The molecule has 0 saturated carbocycles. The van der Waals surface area contributed by atoms with Crippen LogP contribution in [0.1, 0.15) is 31.9 Å². The average molecular weight is 561 g/mol. The van der Waals surface area contributed by atoms with Crippen LogP contribution in [-0.4, -0.2) is 33.7 Å². The molecule has 0 fully saturated rings. The number of ether oxygens (including phenoxy) is 4. The van der Waals surface area contributed by atoms with Gasteiger partial charge in [-0.25, -0.2) is 0 Å². The number of rotatable bonds is 8. The van der Waals surface area contributed by atoms with Crippen LogP contribution in [0.15, 0.2) is 103 Å². The average Bonchev–Trinajstić information content (AvgIpc) is 3.43. The van der Waals surface area contributed by atoms with Crippen molar-refractivity contribution in [2.24, 2.45) is 0 Å². The van der Waals surface area contributed by atoms with Crippen LogP contribution in [0.25, 0.3) is 21.6 Å². The van der Waals surface area contributed by atoms with Crippen molar-refractivity contribution in [3.05, 3.63) is 130 Å². The van der Waals surface area contributed by atoms with Gasteiger partial charge < -0.3 is 18.9 Å². The molecule has 0 bridgehead atoms. The van der Waals surface area contributed by atoms with E-state index in [2.05, 4.69) is 72.8 Å². The van der Waals surface area contributed by atoms with Crippen LogP contribution >= 0.6 is 11.3 Å². The van der Waals surface area contributed by atoms with Crippen LogP contribution in [-0.2, 0) is 0 Å². The number of hydrogen-bond donors (Lipinski definition) is 0.